The Morgan fingerprint density at radius 2 is 1.85 bits per heavy atom. The lowest BCUT2D eigenvalue weighted by Gasteiger charge is -2.19. The van der Waals surface area contributed by atoms with E-state index < -0.39 is 11.6 Å². The molecule has 78 valence electrons. The molecule has 1 unspecified atom stereocenters. The van der Waals surface area contributed by atoms with Gasteiger partial charge < -0.3 is 5.11 Å². The summed E-state index contributed by atoms with van der Waals surface area (Å²) in [6, 6.07) is 0. The molecule has 0 aliphatic rings. The van der Waals surface area contributed by atoms with Crippen molar-refractivity contribution in [3.8, 4) is 0 Å². The van der Waals surface area contributed by atoms with Crippen LogP contribution in [0.1, 0.15) is 52.4 Å². The molecule has 0 bridgehead atoms. The van der Waals surface area contributed by atoms with Gasteiger partial charge in [-0.15, -0.1) is 0 Å². The van der Waals surface area contributed by atoms with Crippen molar-refractivity contribution < 1.29 is 14.3 Å². The predicted octanol–water partition coefficient (Wildman–Crippen LogP) is 3.16. The van der Waals surface area contributed by atoms with Gasteiger partial charge in [-0.1, -0.05) is 33.1 Å². The van der Waals surface area contributed by atoms with Gasteiger partial charge in [0.15, 0.2) is 0 Å². The zero-order chi connectivity index (χ0) is 10.3. The molecule has 0 amide bonds. The number of rotatable bonds is 7. The lowest BCUT2D eigenvalue weighted by molar-refractivity contribution is -0.152. The summed E-state index contributed by atoms with van der Waals surface area (Å²) in [6.07, 6.45) is 3.43. The van der Waals surface area contributed by atoms with E-state index >= 15 is 0 Å². The van der Waals surface area contributed by atoms with Gasteiger partial charge in [0, 0.05) is 0 Å². The van der Waals surface area contributed by atoms with Crippen molar-refractivity contribution in [3.05, 3.63) is 0 Å². The number of alkyl halides is 1. The van der Waals surface area contributed by atoms with Gasteiger partial charge in [-0.2, -0.15) is 0 Å². The fourth-order valence-corrected chi connectivity index (χ4v) is 1.39. The minimum absolute atomic E-state index is 0.131. The molecule has 0 saturated carbocycles. The molecule has 3 heteroatoms. The summed E-state index contributed by atoms with van der Waals surface area (Å²) in [5.74, 6) is -1.30. The van der Waals surface area contributed by atoms with Crippen LogP contribution in [0, 0.1) is 0 Å². The van der Waals surface area contributed by atoms with Crippen molar-refractivity contribution in [2.45, 2.75) is 58.0 Å². The van der Waals surface area contributed by atoms with Crippen LogP contribution in [0.5, 0.6) is 0 Å². The van der Waals surface area contributed by atoms with Gasteiger partial charge in [0.1, 0.15) is 0 Å². The summed E-state index contributed by atoms with van der Waals surface area (Å²) in [5, 5.41) is 8.69. The Labute approximate surface area is 79.1 Å². The van der Waals surface area contributed by atoms with E-state index in [4.69, 9.17) is 5.11 Å². The van der Waals surface area contributed by atoms with E-state index in [9.17, 15) is 9.18 Å². The highest BCUT2D eigenvalue weighted by atomic mass is 19.1. The molecule has 0 aliphatic heterocycles. The van der Waals surface area contributed by atoms with Gasteiger partial charge in [0.25, 0.3) is 0 Å². The molecule has 0 radical (unpaired) electrons. The maximum atomic E-state index is 13.6. The van der Waals surface area contributed by atoms with E-state index in [1.165, 1.54) is 0 Å². The van der Waals surface area contributed by atoms with Crippen LogP contribution in [0.15, 0.2) is 0 Å². The number of unbranched alkanes of at least 4 members (excludes halogenated alkanes) is 2. The van der Waals surface area contributed by atoms with Crippen LogP contribution in [-0.2, 0) is 4.79 Å². The smallest absolute Gasteiger partial charge is 0.341 e. The third-order valence-corrected chi connectivity index (χ3v) is 2.21. The fourth-order valence-electron chi connectivity index (χ4n) is 1.39. The molecule has 0 fully saturated rings. The van der Waals surface area contributed by atoms with Gasteiger partial charge in [-0.25, -0.2) is 9.18 Å². The Balaban J connectivity index is 4.00. The normalized spacial score (nSPS) is 15.3. The Morgan fingerprint density at radius 3 is 2.23 bits per heavy atom. The molecule has 0 aromatic heterocycles. The molecule has 0 heterocycles. The monoisotopic (exact) mass is 190 g/mol. The van der Waals surface area contributed by atoms with Gasteiger partial charge in [0.2, 0.25) is 5.67 Å². The summed E-state index contributed by atoms with van der Waals surface area (Å²) < 4.78 is 13.6. The van der Waals surface area contributed by atoms with Gasteiger partial charge in [0.05, 0.1) is 0 Å². The summed E-state index contributed by atoms with van der Waals surface area (Å²) >= 11 is 0. The number of aliphatic carboxylic acids is 1. The highest BCUT2D eigenvalue weighted by molar-refractivity contribution is 5.77. The van der Waals surface area contributed by atoms with E-state index in [1.54, 1.807) is 6.92 Å². The minimum atomic E-state index is -1.98. The number of carboxylic acid groups (broad SMARTS) is 1. The summed E-state index contributed by atoms with van der Waals surface area (Å²) in [4.78, 5) is 10.6. The topological polar surface area (TPSA) is 37.3 Å². The number of hydrogen-bond donors (Lipinski definition) is 1. The van der Waals surface area contributed by atoms with Crippen LogP contribution in [-0.4, -0.2) is 16.7 Å². The second kappa shape index (κ2) is 5.95. The van der Waals surface area contributed by atoms with Crippen LogP contribution >= 0.6 is 0 Å². The Hall–Kier alpha value is -0.600. The molecule has 0 saturated heterocycles. The first-order valence-corrected chi connectivity index (χ1v) is 4.99. The molecule has 2 nitrogen and oxygen atoms in total. The molecule has 0 rings (SSSR count). The second-order valence-corrected chi connectivity index (χ2v) is 3.48. The van der Waals surface area contributed by atoms with Crippen LogP contribution in [0.4, 0.5) is 4.39 Å². The molecule has 1 N–H and O–H groups in total. The van der Waals surface area contributed by atoms with Crippen LogP contribution in [0.2, 0.25) is 0 Å². The summed E-state index contributed by atoms with van der Waals surface area (Å²) in [5.41, 5.74) is -1.98. The van der Waals surface area contributed by atoms with E-state index in [0.717, 1.165) is 12.8 Å². The quantitative estimate of drug-likeness (QED) is 0.626. The van der Waals surface area contributed by atoms with E-state index in [0.29, 0.717) is 12.8 Å². The first-order chi connectivity index (χ1) is 6.06. The Morgan fingerprint density at radius 1 is 1.23 bits per heavy atom. The Bertz CT molecular complexity index is 159. The van der Waals surface area contributed by atoms with Crippen molar-refractivity contribution in [2.75, 3.05) is 0 Å². The summed E-state index contributed by atoms with van der Waals surface area (Å²) in [7, 11) is 0. The number of carboxylic acids is 1. The fraction of sp³-hybridized carbons (Fsp3) is 0.900. The highest BCUT2D eigenvalue weighted by Gasteiger charge is 2.36. The van der Waals surface area contributed by atoms with Gasteiger partial charge in [-0.05, 0) is 19.3 Å². The van der Waals surface area contributed by atoms with Crippen LogP contribution < -0.4 is 0 Å². The maximum Gasteiger partial charge on any atom is 0.341 e. The second-order valence-electron chi connectivity index (χ2n) is 3.48. The predicted molar refractivity (Wildman–Crippen MR) is 50.5 cm³/mol. The molecule has 0 aromatic carbocycles. The molecular formula is C10H19FO2. The van der Waals surface area contributed by atoms with Crippen molar-refractivity contribution in [2.24, 2.45) is 0 Å². The number of halogens is 1. The SMILES string of the molecule is CCCCCC(F)(CCC)C(=O)O. The Kier molecular flexibility index (Phi) is 5.67. The standard InChI is InChI=1S/C10H19FO2/c1-3-5-6-8-10(11,7-4-2)9(12)13/h3-8H2,1-2H3,(H,12,13). The maximum absolute atomic E-state index is 13.6. The molecule has 1 atom stereocenters. The third kappa shape index (κ3) is 4.25. The largest absolute Gasteiger partial charge is 0.479 e. The first kappa shape index (κ1) is 12.4. The van der Waals surface area contributed by atoms with Crippen molar-refractivity contribution >= 4 is 5.97 Å². The number of carbonyl (C=O) groups is 1. The molecule has 0 aliphatic carbocycles. The molecule has 0 spiro atoms. The van der Waals surface area contributed by atoms with E-state index in [-0.39, 0.29) is 12.8 Å². The lowest BCUT2D eigenvalue weighted by Crippen LogP contribution is -2.33. The van der Waals surface area contributed by atoms with Crippen molar-refractivity contribution in [1.82, 2.24) is 0 Å². The first-order valence-electron chi connectivity index (χ1n) is 4.99. The molecular weight excluding hydrogens is 171 g/mol. The average molecular weight is 190 g/mol. The van der Waals surface area contributed by atoms with Crippen molar-refractivity contribution in [3.63, 3.8) is 0 Å². The average Bonchev–Trinajstić information content (AvgIpc) is 2.05. The molecule has 0 aromatic rings. The highest BCUT2D eigenvalue weighted by Crippen LogP contribution is 2.25. The number of hydrogen-bond acceptors (Lipinski definition) is 1. The van der Waals surface area contributed by atoms with E-state index in [1.807, 2.05) is 6.92 Å². The van der Waals surface area contributed by atoms with Crippen LogP contribution in [0.3, 0.4) is 0 Å². The minimum Gasteiger partial charge on any atom is -0.479 e. The van der Waals surface area contributed by atoms with Gasteiger partial charge >= 0.3 is 5.97 Å². The zero-order valence-corrected chi connectivity index (χ0v) is 8.48. The van der Waals surface area contributed by atoms with Crippen LogP contribution in [0.25, 0.3) is 0 Å². The van der Waals surface area contributed by atoms with Gasteiger partial charge in [-0.3, -0.25) is 0 Å². The van der Waals surface area contributed by atoms with E-state index in [2.05, 4.69) is 0 Å². The molecule has 13 heavy (non-hydrogen) atoms. The summed E-state index contributed by atoms with van der Waals surface area (Å²) in [6.45, 7) is 3.82. The third-order valence-electron chi connectivity index (χ3n) is 2.21. The lowest BCUT2D eigenvalue weighted by atomic mass is 9.93. The zero-order valence-electron chi connectivity index (χ0n) is 8.48. The van der Waals surface area contributed by atoms with Crippen molar-refractivity contribution in [1.29, 1.82) is 0 Å².